The highest BCUT2D eigenvalue weighted by Gasteiger charge is 2.15. The molecule has 98 valence electrons. The minimum atomic E-state index is -0.200. The maximum Gasteiger partial charge on any atom is 0.246 e. The van der Waals surface area contributed by atoms with E-state index in [4.69, 9.17) is 32.5 Å². The van der Waals surface area contributed by atoms with Crippen LogP contribution in [0.3, 0.4) is 0 Å². The normalized spacial score (nSPS) is 12.9. The van der Waals surface area contributed by atoms with E-state index in [-0.39, 0.29) is 11.3 Å². The molecule has 6 nitrogen and oxygen atoms in total. The van der Waals surface area contributed by atoms with E-state index >= 15 is 0 Å². The van der Waals surface area contributed by atoms with Crippen molar-refractivity contribution in [1.82, 2.24) is 19.7 Å². The summed E-state index contributed by atoms with van der Waals surface area (Å²) in [6.45, 7) is 4.68. The molecule has 18 heavy (non-hydrogen) atoms. The Hall–Kier alpha value is -1.11. The number of hydrogen-bond acceptors (Lipinski definition) is 5. The quantitative estimate of drug-likeness (QED) is 0.847. The van der Waals surface area contributed by atoms with Gasteiger partial charge in [-0.1, -0.05) is 28.4 Å². The molecular weight excluding hydrogens is 279 g/mol. The second-order valence-corrected chi connectivity index (χ2v) is 4.31. The molecule has 0 unspecified atom stereocenters. The van der Waals surface area contributed by atoms with Gasteiger partial charge in [0, 0.05) is 6.61 Å². The lowest BCUT2D eigenvalue weighted by atomic mass is 10.4. The Bertz CT molecular complexity index is 526. The Morgan fingerprint density at radius 2 is 2.28 bits per heavy atom. The molecule has 0 aromatic carbocycles. The lowest BCUT2D eigenvalue weighted by molar-refractivity contribution is 0.0683. The molecule has 2 aromatic rings. The summed E-state index contributed by atoms with van der Waals surface area (Å²) in [5, 5.41) is 4.44. The predicted octanol–water partition coefficient (Wildman–Crippen LogP) is 2.72. The monoisotopic (exact) mass is 290 g/mol. The highest BCUT2D eigenvalue weighted by atomic mass is 35.5. The van der Waals surface area contributed by atoms with E-state index in [0.29, 0.717) is 30.0 Å². The molecule has 0 saturated heterocycles. The minimum absolute atomic E-state index is 0.200. The zero-order chi connectivity index (χ0) is 13.1. The van der Waals surface area contributed by atoms with Crippen molar-refractivity contribution in [2.75, 3.05) is 6.61 Å². The third kappa shape index (κ3) is 2.82. The van der Waals surface area contributed by atoms with Crippen LogP contribution in [0, 0.1) is 0 Å². The van der Waals surface area contributed by atoms with Gasteiger partial charge in [-0.15, -0.1) is 0 Å². The van der Waals surface area contributed by atoms with Crippen molar-refractivity contribution in [2.45, 2.75) is 26.5 Å². The third-order valence-corrected chi connectivity index (χ3v) is 3.07. The minimum Gasteiger partial charge on any atom is -0.371 e. The van der Waals surface area contributed by atoms with E-state index in [2.05, 4.69) is 15.1 Å². The topological polar surface area (TPSA) is 66.0 Å². The molecule has 0 spiro atoms. The van der Waals surface area contributed by atoms with Crippen LogP contribution in [0.15, 0.2) is 10.9 Å². The zero-order valence-electron chi connectivity index (χ0n) is 9.93. The third-order valence-electron chi connectivity index (χ3n) is 2.30. The summed E-state index contributed by atoms with van der Waals surface area (Å²) in [5.74, 6) is 0.932. The van der Waals surface area contributed by atoms with Crippen molar-refractivity contribution >= 4 is 23.2 Å². The number of hydrogen-bond donors (Lipinski definition) is 0. The predicted molar refractivity (Wildman–Crippen MR) is 65.7 cm³/mol. The Morgan fingerprint density at radius 1 is 1.50 bits per heavy atom. The van der Waals surface area contributed by atoms with E-state index < -0.39 is 0 Å². The maximum atomic E-state index is 5.93. The largest absolute Gasteiger partial charge is 0.371 e. The molecule has 2 aromatic heterocycles. The Kier molecular flexibility index (Phi) is 4.21. The first kappa shape index (κ1) is 13.3. The molecule has 0 amide bonds. The zero-order valence-corrected chi connectivity index (χ0v) is 11.4. The van der Waals surface area contributed by atoms with Crippen LogP contribution >= 0.6 is 23.2 Å². The number of ether oxygens (including phenoxy) is 1. The van der Waals surface area contributed by atoms with Crippen LogP contribution in [0.1, 0.15) is 31.7 Å². The molecule has 8 heteroatoms. The van der Waals surface area contributed by atoms with E-state index in [1.54, 1.807) is 4.57 Å². The molecule has 2 rings (SSSR count). The number of halogens is 2. The van der Waals surface area contributed by atoms with Crippen LogP contribution < -0.4 is 0 Å². The van der Waals surface area contributed by atoms with Gasteiger partial charge >= 0.3 is 0 Å². The van der Waals surface area contributed by atoms with Crippen molar-refractivity contribution in [3.8, 4) is 0 Å². The van der Waals surface area contributed by atoms with Crippen LogP contribution in [0.25, 0.3) is 0 Å². The van der Waals surface area contributed by atoms with E-state index in [1.807, 2.05) is 13.8 Å². The summed E-state index contributed by atoms with van der Waals surface area (Å²) < 4.78 is 12.1. The van der Waals surface area contributed by atoms with E-state index in [9.17, 15) is 0 Å². The Balaban J connectivity index is 2.09. The van der Waals surface area contributed by atoms with Crippen LogP contribution in [0.2, 0.25) is 10.3 Å². The highest BCUT2D eigenvalue weighted by Crippen LogP contribution is 2.20. The summed E-state index contributed by atoms with van der Waals surface area (Å²) >= 11 is 11.7. The van der Waals surface area contributed by atoms with Gasteiger partial charge in [0.15, 0.2) is 11.0 Å². The van der Waals surface area contributed by atoms with Crippen molar-refractivity contribution in [2.24, 2.45) is 0 Å². The Morgan fingerprint density at radius 3 is 2.89 bits per heavy atom. The molecule has 0 aliphatic carbocycles. The average molecular weight is 291 g/mol. The highest BCUT2D eigenvalue weighted by molar-refractivity contribution is 6.40. The van der Waals surface area contributed by atoms with Crippen LogP contribution in [-0.2, 0) is 11.3 Å². The van der Waals surface area contributed by atoms with Crippen molar-refractivity contribution < 1.29 is 9.26 Å². The van der Waals surface area contributed by atoms with Gasteiger partial charge in [0.1, 0.15) is 17.8 Å². The molecule has 0 fully saturated rings. The molecule has 0 aliphatic heterocycles. The van der Waals surface area contributed by atoms with Gasteiger partial charge in [0.25, 0.3) is 0 Å². The average Bonchev–Trinajstić information content (AvgIpc) is 2.92. The number of rotatable bonds is 5. The first-order chi connectivity index (χ1) is 8.61. The SMILES string of the molecule is CCO[C@H](C)c1noc(Cn2cnc(Cl)c2Cl)n1. The second-order valence-electron chi connectivity index (χ2n) is 3.60. The molecule has 1 atom stereocenters. The van der Waals surface area contributed by atoms with Crippen LogP contribution in [0.5, 0.6) is 0 Å². The summed E-state index contributed by atoms with van der Waals surface area (Å²) in [6.07, 6.45) is 1.31. The van der Waals surface area contributed by atoms with Crippen molar-refractivity contribution in [3.63, 3.8) is 0 Å². The van der Waals surface area contributed by atoms with Gasteiger partial charge in [0.05, 0.1) is 6.33 Å². The van der Waals surface area contributed by atoms with Gasteiger partial charge in [-0.25, -0.2) is 4.98 Å². The summed E-state index contributed by atoms with van der Waals surface area (Å²) in [6, 6.07) is 0. The fourth-order valence-corrected chi connectivity index (χ4v) is 1.73. The number of nitrogens with zero attached hydrogens (tertiary/aromatic N) is 4. The molecule has 0 bridgehead atoms. The van der Waals surface area contributed by atoms with Crippen LogP contribution in [0.4, 0.5) is 0 Å². The maximum absolute atomic E-state index is 5.93. The molecular formula is C10H12Cl2N4O2. The fraction of sp³-hybridized carbons (Fsp3) is 0.500. The standard InChI is InChI=1S/C10H12Cl2N4O2/c1-3-17-6(2)10-14-7(18-15-10)4-16-5-13-8(11)9(16)12/h5-6H,3-4H2,1-2H3/t6-/m1/s1. The molecule has 2 heterocycles. The first-order valence-electron chi connectivity index (χ1n) is 5.42. The molecule has 0 aliphatic rings. The van der Waals surface area contributed by atoms with Gasteiger partial charge in [-0.05, 0) is 13.8 Å². The molecule has 0 saturated carbocycles. The van der Waals surface area contributed by atoms with E-state index in [1.165, 1.54) is 6.33 Å². The van der Waals surface area contributed by atoms with Gasteiger partial charge in [-0.3, -0.25) is 0 Å². The molecule has 0 N–H and O–H groups in total. The van der Waals surface area contributed by atoms with Crippen LogP contribution in [-0.4, -0.2) is 26.3 Å². The summed E-state index contributed by atoms with van der Waals surface area (Å²) in [5.41, 5.74) is 0. The van der Waals surface area contributed by atoms with E-state index in [0.717, 1.165) is 0 Å². The smallest absolute Gasteiger partial charge is 0.246 e. The van der Waals surface area contributed by atoms with Crippen molar-refractivity contribution in [3.05, 3.63) is 28.3 Å². The van der Waals surface area contributed by atoms with Gasteiger partial charge in [0.2, 0.25) is 5.89 Å². The second kappa shape index (κ2) is 5.69. The van der Waals surface area contributed by atoms with Gasteiger partial charge in [-0.2, -0.15) is 4.98 Å². The Labute approximate surface area is 114 Å². The summed E-state index contributed by atoms with van der Waals surface area (Å²) in [7, 11) is 0. The summed E-state index contributed by atoms with van der Waals surface area (Å²) in [4.78, 5) is 8.09. The number of imidazole rings is 1. The lowest BCUT2D eigenvalue weighted by Crippen LogP contribution is -2.03. The molecule has 0 radical (unpaired) electrons. The van der Waals surface area contributed by atoms with Gasteiger partial charge < -0.3 is 13.8 Å². The fourth-order valence-electron chi connectivity index (χ4n) is 1.42. The lowest BCUT2D eigenvalue weighted by Gasteiger charge is -2.04. The number of aromatic nitrogens is 4. The van der Waals surface area contributed by atoms with Crippen molar-refractivity contribution in [1.29, 1.82) is 0 Å². The first-order valence-corrected chi connectivity index (χ1v) is 6.17.